The third-order valence-corrected chi connectivity index (χ3v) is 3.84. The summed E-state index contributed by atoms with van der Waals surface area (Å²) < 4.78 is 0. The molecule has 1 unspecified atom stereocenters. The van der Waals surface area contributed by atoms with Crippen molar-refractivity contribution in [1.82, 2.24) is 10.6 Å². The van der Waals surface area contributed by atoms with Crippen molar-refractivity contribution >= 4 is 11.9 Å². The lowest BCUT2D eigenvalue weighted by Gasteiger charge is -2.24. The molecule has 1 aromatic rings. The molecule has 1 atom stereocenters. The molecule has 1 aromatic carbocycles. The predicted octanol–water partition coefficient (Wildman–Crippen LogP) is 1.62. The van der Waals surface area contributed by atoms with E-state index < -0.39 is 5.54 Å². The van der Waals surface area contributed by atoms with E-state index >= 15 is 0 Å². The number of hydrogen-bond donors (Lipinski definition) is 2. The Balaban J connectivity index is 1.80. The van der Waals surface area contributed by atoms with Crippen molar-refractivity contribution in [3.05, 3.63) is 35.9 Å². The topological polar surface area (TPSA) is 53.5 Å². The van der Waals surface area contributed by atoms with Crippen molar-refractivity contribution in [3.8, 4) is 0 Å². The van der Waals surface area contributed by atoms with Crippen molar-refractivity contribution in [1.29, 1.82) is 0 Å². The lowest BCUT2D eigenvalue weighted by atomic mass is 9.88. The van der Waals surface area contributed by atoms with Crippen LogP contribution in [0.15, 0.2) is 35.3 Å². The number of amides is 1. The van der Waals surface area contributed by atoms with E-state index in [-0.39, 0.29) is 5.91 Å². The smallest absolute Gasteiger partial charge is 0.252 e. The van der Waals surface area contributed by atoms with Gasteiger partial charge in [-0.1, -0.05) is 37.3 Å². The fraction of sp³-hybridized carbons (Fsp3) is 0.467. The van der Waals surface area contributed by atoms with Crippen LogP contribution in [0.1, 0.15) is 31.7 Å². The van der Waals surface area contributed by atoms with Gasteiger partial charge in [-0.2, -0.15) is 0 Å². The second-order valence-electron chi connectivity index (χ2n) is 5.39. The Morgan fingerprint density at radius 1 is 1.32 bits per heavy atom. The van der Waals surface area contributed by atoms with E-state index in [4.69, 9.17) is 0 Å². The molecule has 4 heteroatoms. The molecular formula is C15H19N3O. The van der Waals surface area contributed by atoms with Crippen molar-refractivity contribution in [2.24, 2.45) is 4.99 Å². The number of nitrogens with one attached hydrogen (secondary N) is 2. The second-order valence-corrected chi connectivity index (χ2v) is 5.39. The predicted molar refractivity (Wildman–Crippen MR) is 74.9 cm³/mol. The molecule has 1 amide bonds. The highest BCUT2D eigenvalue weighted by Crippen LogP contribution is 2.26. The average molecular weight is 257 g/mol. The Kier molecular flexibility index (Phi) is 3.01. The number of aliphatic imine (C=N–C) groups is 1. The Morgan fingerprint density at radius 2 is 2.05 bits per heavy atom. The molecule has 0 radical (unpaired) electrons. The second kappa shape index (κ2) is 4.68. The Labute approximate surface area is 113 Å². The molecule has 19 heavy (non-hydrogen) atoms. The molecule has 1 aliphatic heterocycles. The molecule has 0 aromatic heterocycles. The summed E-state index contributed by atoms with van der Waals surface area (Å²) in [5.74, 6) is 0.698. The van der Waals surface area contributed by atoms with Crippen LogP contribution >= 0.6 is 0 Å². The standard InChI is InChI=1S/C15H19N3O/c1-2-15(10-11-6-4-3-5-7-11)13(19)17-14(18-15)16-12-8-9-12/h3-7,12H,2,8-10H2,1H3,(H2,16,17,18,19). The molecule has 4 nitrogen and oxygen atoms in total. The van der Waals surface area contributed by atoms with Crippen LogP contribution in [0.5, 0.6) is 0 Å². The molecule has 2 aliphatic rings. The van der Waals surface area contributed by atoms with Crippen LogP contribution in [0.25, 0.3) is 0 Å². The van der Waals surface area contributed by atoms with Crippen molar-refractivity contribution in [3.63, 3.8) is 0 Å². The summed E-state index contributed by atoms with van der Waals surface area (Å²) in [4.78, 5) is 16.8. The number of rotatable bonds is 4. The first kappa shape index (κ1) is 12.2. The molecule has 3 rings (SSSR count). The zero-order valence-electron chi connectivity index (χ0n) is 11.1. The Morgan fingerprint density at radius 3 is 2.68 bits per heavy atom. The largest absolute Gasteiger partial charge is 0.341 e. The summed E-state index contributed by atoms with van der Waals surface area (Å²) in [6, 6.07) is 10.5. The van der Waals surface area contributed by atoms with Crippen LogP contribution in [-0.2, 0) is 11.2 Å². The van der Waals surface area contributed by atoms with Gasteiger partial charge >= 0.3 is 0 Å². The van der Waals surface area contributed by atoms with Crippen LogP contribution in [0.4, 0.5) is 0 Å². The number of carbonyl (C=O) groups excluding carboxylic acids is 1. The van der Waals surface area contributed by atoms with Gasteiger partial charge < -0.3 is 5.32 Å². The van der Waals surface area contributed by atoms with Gasteiger partial charge in [0.2, 0.25) is 0 Å². The Bertz CT molecular complexity index is 507. The van der Waals surface area contributed by atoms with E-state index in [1.165, 1.54) is 5.56 Å². The van der Waals surface area contributed by atoms with Gasteiger partial charge in [-0.25, -0.2) is 4.99 Å². The van der Waals surface area contributed by atoms with Crippen LogP contribution in [-0.4, -0.2) is 23.4 Å². The van der Waals surface area contributed by atoms with E-state index in [9.17, 15) is 4.79 Å². The molecule has 2 N–H and O–H groups in total. The van der Waals surface area contributed by atoms with E-state index in [0.29, 0.717) is 18.4 Å². The third-order valence-electron chi connectivity index (χ3n) is 3.84. The monoisotopic (exact) mass is 257 g/mol. The number of hydrogen-bond acceptors (Lipinski definition) is 2. The quantitative estimate of drug-likeness (QED) is 0.861. The maximum absolute atomic E-state index is 12.3. The molecule has 1 saturated heterocycles. The first-order valence-corrected chi connectivity index (χ1v) is 6.93. The molecule has 1 heterocycles. The van der Waals surface area contributed by atoms with Crippen molar-refractivity contribution in [2.75, 3.05) is 0 Å². The molecule has 100 valence electrons. The van der Waals surface area contributed by atoms with E-state index in [1.54, 1.807) is 0 Å². The highest BCUT2D eigenvalue weighted by atomic mass is 16.2. The zero-order chi connectivity index (χ0) is 13.3. The third kappa shape index (κ3) is 2.48. The lowest BCUT2D eigenvalue weighted by molar-refractivity contribution is -0.124. The number of nitrogens with zero attached hydrogens (tertiary/aromatic N) is 1. The molecule has 1 aliphatic carbocycles. The summed E-state index contributed by atoms with van der Waals surface area (Å²) >= 11 is 0. The van der Waals surface area contributed by atoms with Crippen molar-refractivity contribution in [2.45, 2.75) is 44.2 Å². The molecule has 0 bridgehead atoms. The van der Waals surface area contributed by atoms with E-state index in [1.807, 2.05) is 25.1 Å². The van der Waals surface area contributed by atoms with Gasteiger partial charge in [0.25, 0.3) is 5.91 Å². The number of carbonyl (C=O) groups is 1. The van der Waals surface area contributed by atoms with Gasteiger partial charge in [0.05, 0.1) is 6.04 Å². The van der Waals surface area contributed by atoms with Gasteiger partial charge in [0.1, 0.15) is 5.54 Å². The Hall–Kier alpha value is -1.84. The van der Waals surface area contributed by atoms with Crippen molar-refractivity contribution < 1.29 is 4.79 Å². The molecule has 2 fully saturated rings. The summed E-state index contributed by atoms with van der Waals surface area (Å²) in [5.41, 5.74) is 0.620. The van der Waals surface area contributed by atoms with Gasteiger partial charge in [-0.3, -0.25) is 10.1 Å². The van der Waals surface area contributed by atoms with Crippen LogP contribution < -0.4 is 10.6 Å². The lowest BCUT2D eigenvalue weighted by Crippen LogP contribution is -2.48. The fourth-order valence-corrected chi connectivity index (χ4v) is 2.44. The molecular weight excluding hydrogens is 238 g/mol. The van der Waals surface area contributed by atoms with Gasteiger partial charge in [0, 0.05) is 6.42 Å². The highest BCUT2D eigenvalue weighted by Gasteiger charge is 2.44. The summed E-state index contributed by atoms with van der Waals surface area (Å²) in [5, 5.41) is 6.20. The first-order valence-electron chi connectivity index (χ1n) is 6.93. The highest BCUT2D eigenvalue weighted by molar-refractivity contribution is 6.09. The van der Waals surface area contributed by atoms with Gasteiger partial charge in [-0.05, 0) is 24.8 Å². The average Bonchev–Trinajstić information content (AvgIpc) is 3.17. The SMILES string of the molecule is CCC1(Cc2ccccc2)NC(=NC2CC2)NC1=O. The molecule has 0 spiro atoms. The normalized spacial score (nSPS) is 28.3. The number of benzene rings is 1. The minimum atomic E-state index is -0.547. The van der Waals surface area contributed by atoms with Crippen LogP contribution in [0, 0.1) is 0 Å². The minimum Gasteiger partial charge on any atom is -0.341 e. The summed E-state index contributed by atoms with van der Waals surface area (Å²) in [7, 11) is 0. The number of guanidine groups is 1. The van der Waals surface area contributed by atoms with Gasteiger partial charge in [0.15, 0.2) is 5.96 Å². The van der Waals surface area contributed by atoms with Crippen LogP contribution in [0.2, 0.25) is 0 Å². The van der Waals surface area contributed by atoms with Gasteiger partial charge in [-0.15, -0.1) is 0 Å². The maximum atomic E-state index is 12.3. The van der Waals surface area contributed by atoms with E-state index in [2.05, 4.69) is 27.8 Å². The minimum absolute atomic E-state index is 0.0400. The molecule has 1 saturated carbocycles. The van der Waals surface area contributed by atoms with E-state index in [0.717, 1.165) is 19.3 Å². The summed E-state index contributed by atoms with van der Waals surface area (Å²) in [6.45, 7) is 2.04. The zero-order valence-corrected chi connectivity index (χ0v) is 11.1. The fourth-order valence-electron chi connectivity index (χ4n) is 2.44. The summed E-state index contributed by atoms with van der Waals surface area (Å²) in [6.07, 6.45) is 3.72. The van der Waals surface area contributed by atoms with Crippen LogP contribution in [0.3, 0.4) is 0 Å². The maximum Gasteiger partial charge on any atom is 0.252 e. The first-order chi connectivity index (χ1) is 9.22.